The minimum Gasteiger partial charge on any atom is -0.310 e. The summed E-state index contributed by atoms with van der Waals surface area (Å²) in [6.45, 7) is 8.09. The zero-order chi connectivity index (χ0) is 10.9. The molecule has 1 rings (SSSR count). The molecule has 0 unspecified atom stereocenters. The third kappa shape index (κ3) is 2.23. The van der Waals surface area contributed by atoms with Crippen molar-refractivity contribution in [1.82, 2.24) is 9.97 Å². The number of H-pyrrole nitrogens is 1. The molecular formula is C10H15BrN2O. The van der Waals surface area contributed by atoms with Crippen LogP contribution in [0, 0.1) is 0 Å². The van der Waals surface area contributed by atoms with Crippen molar-refractivity contribution in [2.45, 2.75) is 39.5 Å². The van der Waals surface area contributed by atoms with E-state index < -0.39 is 0 Å². The molecule has 0 atom stereocenters. The maximum Gasteiger partial charge on any atom is 0.265 e. The van der Waals surface area contributed by atoms with Crippen LogP contribution in [0.4, 0.5) is 0 Å². The predicted molar refractivity (Wildman–Crippen MR) is 60.6 cm³/mol. The molecule has 0 aliphatic rings. The summed E-state index contributed by atoms with van der Waals surface area (Å²) < 4.78 is 0.544. The summed E-state index contributed by atoms with van der Waals surface area (Å²) in [6, 6.07) is 0. The Bertz CT molecular complexity index is 390. The van der Waals surface area contributed by atoms with Gasteiger partial charge in [-0.2, -0.15) is 0 Å². The zero-order valence-electron chi connectivity index (χ0n) is 8.94. The van der Waals surface area contributed by atoms with E-state index in [2.05, 4.69) is 25.9 Å². The third-order valence-corrected chi connectivity index (χ3v) is 2.69. The molecule has 1 heterocycles. The average molecular weight is 259 g/mol. The molecule has 14 heavy (non-hydrogen) atoms. The Morgan fingerprint density at radius 1 is 1.43 bits per heavy atom. The first-order valence-electron chi connectivity index (χ1n) is 4.65. The molecule has 1 aromatic heterocycles. The van der Waals surface area contributed by atoms with Crippen LogP contribution in [0.5, 0.6) is 0 Å². The van der Waals surface area contributed by atoms with Crippen molar-refractivity contribution < 1.29 is 0 Å². The van der Waals surface area contributed by atoms with Gasteiger partial charge in [0.05, 0.1) is 5.69 Å². The molecule has 0 radical (unpaired) electrons. The van der Waals surface area contributed by atoms with Crippen molar-refractivity contribution in [3.8, 4) is 0 Å². The van der Waals surface area contributed by atoms with E-state index in [0.717, 1.165) is 17.9 Å². The van der Waals surface area contributed by atoms with Gasteiger partial charge in [-0.3, -0.25) is 4.79 Å². The van der Waals surface area contributed by atoms with Crippen molar-refractivity contribution in [1.29, 1.82) is 0 Å². The summed E-state index contributed by atoms with van der Waals surface area (Å²) in [5.74, 6) is 0.739. The molecule has 0 amide bonds. The Labute approximate surface area is 92.1 Å². The number of aromatic amines is 1. The van der Waals surface area contributed by atoms with Crippen molar-refractivity contribution in [2.24, 2.45) is 0 Å². The summed E-state index contributed by atoms with van der Waals surface area (Å²) >= 11 is 3.27. The van der Waals surface area contributed by atoms with E-state index in [9.17, 15) is 4.79 Å². The Morgan fingerprint density at radius 3 is 2.43 bits per heavy atom. The van der Waals surface area contributed by atoms with E-state index in [4.69, 9.17) is 0 Å². The Morgan fingerprint density at radius 2 is 2.00 bits per heavy atom. The topological polar surface area (TPSA) is 45.8 Å². The minimum absolute atomic E-state index is 0.0956. The largest absolute Gasteiger partial charge is 0.310 e. The van der Waals surface area contributed by atoms with Gasteiger partial charge in [-0.1, -0.05) is 27.7 Å². The third-order valence-electron chi connectivity index (χ3n) is 1.96. The summed E-state index contributed by atoms with van der Waals surface area (Å²) in [6.07, 6.45) is 0.742. The number of halogens is 1. The number of nitrogens with one attached hydrogen (secondary N) is 1. The predicted octanol–water partition coefficient (Wildman–Crippen LogP) is 2.39. The highest BCUT2D eigenvalue weighted by atomic mass is 79.9. The van der Waals surface area contributed by atoms with Crippen LogP contribution in [-0.2, 0) is 11.8 Å². The van der Waals surface area contributed by atoms with E-state index in [1.54, 1.807) is 0 Å². The molecule has 0 saturated carbocycles. The van der Waals surface area contributed by atoms with E-state index in [-0.39, 0.29) is 11.0 Å². The highest BCUT2D eigenvalue weighted by molar-refractivity contribution is 9.10. The van der Waals surface area contributed by atoms with Gasteiger partial charge in [-0.25, -0.2) is 4.98 Å². The fourth-order valence-electron chi connectivity index (χ4n) is 1.17. The number of hydrogen-bond acceptors (Lipinski definition) is 2. The fraction of sp³-hybridized carbons (Fsp3) is 0.600. The maximum atomic E-state index is 11.5. The fourth-order valence-corrected chi connectivity index (χ4v) is 1.95. The van der Waals surface area contributed by atoms with Gasteiger partial charge >= 0.3 is 0 Å². The summed E-state index contributed by atoms with van der Waals surface area (Å²) in [5.41, 5.74) is 0.608. The second-order valence-corrected chi connectivity index (χ2v) is 5.07. The van der Waals surface area contributed by atoms with E-state index in [1.165, 1.54) is 0 Å². The second-order valence-electron chi connectivity index (χ2n) is 4.28. The normalized spacial score (nSPS) is 11.8. The molecule has 0 aliphatic heterocycles. The van der Waals surface area contributed by atoms with Gasteiger partial charge in [0, 0.05) is 11.8 Å². The molecule has 0 aromatic carbocycles. The van der Waals surface area contributed by atoms with Crippen LogP contribution in [0.3, 0.4) is 0 Å². The molecule has 0 spiro atoms. The lowest BCUT2D eigenvalue weighted by Gasteiger charge is -2.19. The summed E-state index contributed by atoms with van der Waals surface area (Å²) in [7, 11) is 0. The monoisotopic (exact) mass is 258 g/mol. The van der Waals surface area contributed by atoms with Crippen molar-refractivity contribution in [2.75, 3.05) is 0 Å². The Kier molecular flexibility index (Phi) is 3.14. The van der Waals surface area contributed by atoms with Crippen LogP contribution in [0.1, 0.15) is 39.2 Å². The van der Waals surface area contributed by atoms with E-state index in [1.807, 2.05) is 27.7 Å². The van der Waals surface area contributed by atoms with Crippen LogP contribution in [0.2, 0.25) is 0 Å². The molecule has 0 aliphatic carbocycles. The first-order chi connectivity index (χ1) is 6.36. The number of rotatable bonds is 1. The lowest BCUT2D eigenvalue weighted by Crippen LogP contribution is -2.23. The molecule has 0 bridgehead atoms. The van der Waals surface area contributed by atoms with Gasteiger partial charge in [0.2, 0.25) is 0 Å². The standard InChI is InChI=1S/C10H15BrN2O/c1-5-6-12-8(10(2,3)4)7(11)9(14)13-6/h5H2,1-4H3,(H,12,13,14). The number of aryl methyl sites for hydroxylation is 1. The van der Waals surface area contributed by atoms with Crippen LogP contribution < -0.4 is 5.56 Å². The molecule has 1 N–H and O–H groups in total. The number of aromatic nitrogens is 2. The van der Waals surface area contributed by atoms with Gasteiger partial charge in [0.1, 0.15) is 10.3 Å². The lowest BCUT2D eigenvalue weighted by molar-refractivity contribution is 0.556. The lowest BCUT2D eigenvalue weighted by atomic mass is 9.92. The summed E-state index contributed by atoms with van der Waals surface area (Å²) in [5, 5.41) is 0. The van der Waals surface area contributed by atoms with Crippen LogP contribution in [-0.4, -0.2) is 9.97 Å². The summed E-state index contributed by atoms with van der Waals surface area (Å²) in [4.78, 5) is 18.7. The van der Waals surface area contributed by atoms with Crippen LogP contribution >= 0.6 is 15.9 Å². The van der Waals surface area contributed by atoms with Crippen molar-refractivity contribution in [3.63, 3.8) is 0 Å². The van der Waals surface area contributed by atoms with Crippen molar-refractivity contribution in [3.05, 3.63) is 26.3 Å². The first-order valence-corrected chi connectivity index (χ1v) is 5.44. The smallest absolute Gasteiger partial charge is 0.265 e. The van der Waals surface area contributed by atoms with Gasteiger partial charge in [0.25, 0.3) is 5.56 Å². The van der Waals surface area contributed by atoms with Gasteiger partial charge in [0.15, 0.2) is 0 Å². The minimum atomic E-state index is -0.114. The molecule has 0 fully saturated rings. The van der Waals surface area contributed by atoms with Crippen LogP contribution in [0.15, 0.2) is 9.27 Å². The van der Waals surface area contributed by atoms with Crippen LogP contribution in [0.25, 0.3) is 0 Å². The second kappa shape index (κ2) is 3.85. The first kappa shape index (κ1) is 11.4. The molecule has 0 saturated heterocycles. The zero-order valence-corrected chi connectivity index (χ0v) is 10.5. The quantitative estimate of drug-likeness (QED) is 0.841. The molecule has 3 nitrogen and oxygen atoms in total. The van der Waals surface area contributed by atoms with Gasteiger partial charge < -0.3 is 4.98 Å². The molecule has 1 aromatic rings. The molecule has 78 valence electrons. The van der Waals surface area contributed by atoms with Gasteiger partial charge in [-0.05, 0) is 15.9 Å². The number of hydrogen-bond donors (Lipinski definition) is 1. The van der Waals surface area contributed by atoms with Gasteiger partial charge in [-0.15, -0.1) is 0 Å². The highest BCUT2D eigenvalue weighted by Crippen LogP contribution is 2.24. The van der Waals surface area contributed by atoms with E-state index in [0.29, 0.717) is 4.47 Å². The molecular weight excluding hydrogens is 244 g/mol. The van der Waals surface area contributed by atoms with E-state index >= 15 is 0 Å². The average Bonchev–Trinajstić information content (AvgIpc) is 2.07. The highest BCUT2D eigenvalue weighted by Gasteiger charge is 2.21. The maximum absolute atomic E-state index is 11.5. The Hall–Kier alpha value is -0.640. The Balaban J connectivity index is 3.43. The SMILES string of the molecule is CCc1nc(C(C)(C)C)c(Br)c(=O)[nH]1. The van der Waals surface area contributed by atoms with Crippen molar-refractivity contribution >= 4 is 15.9 Å². The number of nitrogens with zero attached hydrogens (tertiary/aromatic N) is 1. The molecule has 4 heteroatoms.